The summed E-state index contributed by atoms with van der Waals surface area (Å²) in [6.07, 6.45) is 2.43. The fraction of sp³-hybridized carbons (Fsp3) is 0.769. The van der Waals surface area contributed by atoms with Gasteiger partial charge in [-0.1, -0.05) is 0 Å². The summed E-state index contributed by atoms with van der Waals surface area (Å²) in [5, 5.41) is 17.3. The van der Waals surface area contributed by atoms with Crippen LogP contribution >= 0.6 is 0 Å². The quantitative estimate of drug-likeness (QED) is 0.837. The Labute approximate surface area is 112 Å². The van der Waals surface area contributed by atoms with Crippen molar-refractivity contribution in [3.05, 3.63) is 11.8 Å². The summed E-state index contributed by atoms with van der Waals surface area (Å²) in [6, 6.07) is 2.10. The smallest absolute Gasteiger partial charge is 0.254 e. The van der Waals surface area contributed by atoms with Crippen LogP contribution < -0.4 is 10.1 Å². The number of methoxy groups -OCH3 is 1. The number of hydrogen-bond acceptors (Lipinski definition) is 6. The lowest BCUT2D eigenvalue weighted by atomic mass is 9.58. The van der Waals surface area contributed by atoms with E-state index in [1.807, 2.05) is 0 Å². The number of rotatable bonds is 4. The van der Waals surface area contributed by atoms with Crippen molar-refractivity contribution in [2.45, 2.75) is 38.0 Å². The van der Waals surface area contributed by atoms with Gasteiger partial charge in [0.05, 0.1) is 19.8 Å². The van der Waals surface area contributed by atoms with Crippen molar-refractivity contribution in [3.8, 4) is 5.88 Å². The first kappa shape index (κ1) is 12.9. The third-order valence-electron chi connectivity index (χ3n) is 4.51. The van der Waals surface area contributed by atoms with E-state index in [4.69, 9.17) is 14.0 Å². The molecule has 0 amide bonds. The van der Waals surface area contributed by atoms with Crippen LogP contribution in [0.4, 0.5) is 0 Å². The SMILES string of the molecule is COc1cc(CN[C@H]2C[C@H](O)C23CCOCC3)on1. The molecular weight excluding hydrogens is 248 g/mol. The molecule has 1 spiro atoms. The second kappa shape index (κ2) is 5.11. The van der Waals surface area contributed by atoms with Gasteiger partial charge in [-0.25, -0.2) is 0 Å². The molecule has 0 radical (unpaired) electrons. The van der Waals surface area contributed by atoms with Gasteiger partial charge in [0, 0.05) is 30.7 Å². The van der Waals surface area contributed by atoms with Crippen molar-refractivity contribution in [1.29, 1.82) is 0 Å². The van der Waals surface area contributed by atoms with Crippen LogP contribution in [0.2, 0.25) is 0 Å². The van der Waals surface area contributed by atoms with Gasteiger partial charge in [-0.2, -0.15) is 0 Å². The highest BCUT2D eigenvalue weighted by Crippen LogP contribution is 2.49. The molecule has 0 bridgehead atoms. The molecule has 1 aliphatic carbocycles. The van der Waals surface area contributed by atoms with Crippen molar-refractivity contribution in [2.75, 3.05) is 20.3 Å². The van der Waals surface area contributed by atoms with Crippen LogP contribution in [-0.4, -0.2) is 42.7 Å². The highest BCUT2D eigenvalue weighted by atomic mass is 16.5. The van der Waals surface area contributed by atoms with Gasteiger partial charge in [-0.05, 0) is 24.4 Å². The predicted molar refractivity (Wildman–Crippen MR) is 66.8 cm³/mol. The maximum atomic E-state index is 10.1. The van der Waals surface area contributed by atoms with Crippen molar-refractivity contribution in [1.82, 2.24) is 10.5 Å². The molecule has 19 heavy (non-hydrogen) atoms. The van der Waals surface area contributed by atoms with Crippen LogP contribution in [0.15, 0.2) is 10.6 Å². The molecule has 106 valence electrons. The van der Waals surface area contributed by atoms with Gasteiger partial charge in [0.1, 0.15) is 0 Å². The van der Waals surface area contributed by atoms with Gasteiger partial charge in [0.15, 0.2) is 5.76 Å². The third-order valence-corrected chi connectivity index (χ3v) is 4.51. The number of hydrogen-bond donors (Lipinski definition) is 2. The van der Waals surface area contributed by atoms with Crippen LogP contribution in [0.1, 0.15) is 25.0 Å². The molecule has 2 heterocycles. The van der Waals surface area contributed by atoms with E-state index in [9.17, 15) is 5.11 Å². The van der Waals surface area contributed by atoms with Gasteiger partial charge in [-0.15, -0.1) is 0 Å². The van der Waals surface area contributed by atoms with E-state index in [1.54, 1.807) is 13.2 Å². The number of aliphatic hydroxyl groups is 1. The normalized spacial score (nSPS) is 29.2. The van der Waals surface area contributed by atoms with Crippen LogP contribution in [0, 0.1) is 5.41 Å². The van der Waals surface area contributed by atoms with E-state index in [2.05, 4.69) is 10.5 Å². The lowest BCUT2D eigenvalue weighted by molar-refractivity contribution is -0.149. The highest BCUT2D eigenvalue weighted by molar-refractivity contribution is 5.12. The van der Waals surface area contributed by atoms with Crippen LogP contribution in [-0.2, 0) is 11.3 Å². The topological polar surface area (TPSA) is 76.8 Å². The molecular formula is C13H20N2O4. The number of ether oxygens (including phenoxy) is 2. The zero-order chi connectivity index (χ0) is 13.3. The average Bonchev–Trinajstić information content (AvgIpc) is 2.92. The number of nitrogens with one attached hydrogen (secondary N) is 1. The maximum Gasteiger partial charge on any atom is 0.254 e. The minimum atomic E-state index is -0.210. The number of nitrogens with zero attached hydrogens (tertiary/aromatic N) is 1. The van der Waals surface area contributed by atoms with Crippen LogP contribution in [0.5, 0.6) is 5.88 Å². The largest absolute Gasteiger partial charge is 0.479 e. The standard InChI is InChI=1S/C13H20N2O4/c1-17-12-6-9(19-15-12)8-14-10-7-11(16)13(10)2-4-18-5-3-13/h6,10-11,14,16H,2-5,7-8H2,1H3/t10-,11-/m0/s1. The fourth-order valence-corrected chi connectivity index (χ4v) is 3.18. The number of aromatic nitrogens is 1. The molecule has 2 aliphatic rings. The van der Waals surface area contributed by atoms with E-state index in [-0.39, 0.29) is 11.5 Å². The van der Waals surface area contributed by atoms with Crippen LogP contribution in [0.25, 0.3) is 0 Å². The molecule has 2 N–H and O–H groups in total. The van der Waals surface area contributed by atoms with E-state index in [0.717, 1.165) is 38.2 Å². The third kappa shape index (κ3) is 2.24. The molecule has 1 saturated heterocycles. The Morgan fingerprint density at radius 1 is 1.53 bits per heavy atom. The molecule has 2 atom stereocenters. The van der Waals surface area contributed by atoms with E-state index in [1.165, 1.54) is 0 Å². The summed E-state index contributed by atoms with van der Waals surface area (Å²) < 4.78 is 15.5. The van der Waals surface area contributed by atoms with Crippen molar-refractivity contribution in [2.24, 2.45) is 5.41 Å². The fourth-order valence-electron chi connectivity index (χ4n) is 3.18. The van der Waals surface area contributed by atoms with Crippen LogP contribution in [0.3, 0.4) is 0 Å². The van der Waals surface area contributed by atoms with Crippen molar-refractivity contribution in [3.63, 3.8) is 0 Å². The zero-order valence-electron chi connectivity index (χ0n) is 11.1. The summed E-state index contributed by atoms with van der Waals surface area (Å²) >= 11 is 0. The zero-order valence-corrected chi connectivity index (χ0v) is 11.1. The Morgan fingerprint density at radius 2 is 2.32 bits per heavy atom. The first-order chi connectivity index (χ1) is 9.24. The molecule has 6 heteroatoms. The number of aliphatic hydroxyl groups excluding tert-OH is 1. The first-order valence-electron chi connectivity index (χ1n) is 6.73. The molecule has 6 nitrogen and oxygen atoms in total. The average molecular weight is 268 g/mol. The summed E-state index contributed by atoms with van der Waals surface area (Å²) in [7, 11) is 1.56. The first-order valence-corrected chi connectivity index (χ1v) is 6.73. The van der Waals surface area contributed by atoms with Gasteiger partial charge in [0.25, 0.3) is 5.88 Å². The lowest BCUT2D eigenvalue weighted by Gasteiger charge is -2.55. The van der Waals surface area contributed by atoms with Crippen molar-refractivity contribution >= 4 is 0 Å². The Balaban J connectivity index is 1.58. The lowest BCUT2D eigenvalue weighted by Crippen LogP contribution is -2.64. The molecule has 1 aliphatic heterocycles. The summed E-state index contributed by atoms with van der Waals surface area (Å²) in [6.45, 7) is 2.09. The molecule has 2 fully saturated rings. The molecule has 3 rings (SSSR count). The summed E-state index contributed by atoms with van der Waals surface area (Å²) in [4.78, 5) is 0. The molecule has 1 aromatic rings. The molecule has 0 aromatic carbocycles. The minimum absolute atomic E-state index is 0.0115. The predicted octanol–water partition coefficient (Wildman–Crippen LogP) is 0.703. The second-order valence-electron chi connectivity index (χ2n) is 5.37. The van der Waals surface area contributed by atoms with Gasteiger partial charge >= 0.3 is 0 Å². The second-order valence-corrected chi connectivity index (χ2v) is 5.37. The molecule has 1 aromatic heterocycles. The van der Waals surface area contributed by atoms with Gasteiger partial charge in [0.2, 0.25) is 0 Å². The summed E-state index contributed by atoms with van der Waals surface area (Å²) in [5.41, 5.74) is -0.0115. The summed E-state index contributed by atoms with van der Waals surface area (Å²) in [5.74, 6) is 1.24. The van der Waals surface area contributed by atoms with E-state index >= 15 is 0 Å². The van der Waals surface area contributed by atoms with Gasteiger partial charge < -0.3 is 24.4 Å². The van der Waals surface area contributed by atoms with E-state index < -0.39 is 0 Å². The van der Waals surface area contributed by atoms with Gasteiger partial charge in [-0.3, -0.25) is 0 Å². The molecule has 1 saturated carbocycles. The Kier molecular flexibility index (Phi) is 3.47. The molecule has 0 unspecified atom stereocenters. The highest BCUT2D eigenvalue weighted by Gasteiger charge is 2.54. The monoisotopic (exact) mass is 268 g/mol. The Morgan fingerprint density at radius 3 is 2.95 bits per heavy atom. The Hall–Kier alpha value is -1.11. The van der Waals surface area contributed by atoms with Crippen molar-refractivity contribution < 1.29 is 19.1 Å². The van der Waals surface area contributed by atoms with E-state index in [0.29, 0.717) is 18.5 Å². The Bertz CT molecular complexity index is 428. The maximum absolute atomic E-state index is 10.1. The minimum Gasteiger partial charge on any atom is -0.479 e.